The molecular formula is C20H17F3N4O5S. The van der Waals surface area contributed by atoms with Crippen molar-refractivity contribution in [1.82, 2.24) is 15.1 Å². The van der Waals surface area contributed by atoms with Crippen molar-refractivity contribution in [2.45, 2.75) is 24.2 Å². The molecule has 0 atom stereocenters. The molecule has 0 aliphatic carbocycles. The molecule has 1 N–H and O–H groups in total. The third-order valence-electron chi connectivity index (χ3n) is 3.90. The van der Waals surface area contributed by atoms with Gasteiger partial charge in [-0.05, 0) is 24.3 Å². The SMILES string of the molecule is COc1ccccc1NC(=O)Cc1noc(COC(=O)c2cccnc2SCC(F)(F)F)n1. The van der Waals surface area contributed by atoms with Gasteiger partial charge in [0.25, 0.3) is 5.89 Å². The lowest BCUT2D eigenvalue weighted by Gasteiger charge is -2.09. The van der Waals surface area contributed by atoms with Crippen LogP contribution in [0.3, 0.4) is 0 Å². The third kappa shape index (κ3) is 7.20. The number of halogens is 3. The maximum Gasteiger partial charge on any atom is 0.398 e. The molecule has 33 heavy (non-hydrogen) atoms. The molecule has 0 aliphatic heterocycles. The molecule has 2 heterocycles. The highest BCUT2D eigenvalue weighted by molar-refractivity contribution is 7.99. The molecule has 0 unspecified atom stereocenters. The molecule has 3 rings (SSSR count). The van der Waals surface area contributed by atoms with Crippen molar-refractivity contribution in [3.8, 4) is 5.75 Å². The van der Waals surface area contributed by atoms with Gasteiger partial charge in [0.05, 0.1) is 30.5 Å². The second-order valence-corrected chi connectivity index (χ2v) is 7.33. The van der Waals surface area contributed by atoms with Crippen LogP contribution in [0, 0.1) is 0 Å². The molecule has 174 valence electrons. The number of thioether (sulfide) groups is 1. The first-order valence-corrected chi connectivity index (χ1v) is 10.3. The van der Waals surface area contributed by atoms with E-state index >= 15 is 0 Å². The Balaban J connectivity index is 1.55. The number of nitrogens with zero attached hydrogens (tertiary/aromatic N) is 3. The van der Waals surface area contributed by atoms with Crippen molar-refractivity contribution in [3.63, 3.8) is 0 Å². The van der Waals surface area contributed by atoms with Crippen molar-refractivity contribution < 1.29 is 36.8 Å². The van der Waals surface area contributed by atoms with Crippen LogP contribution in [0.4, 0.5) is 18.9 Å². The summed E-state index contributed by atoms with van der Waals surface area (Å²) in [6, 6.07) is 9.54. The zero-order valence-corrected chi connectivity index (χ0v) is 17.9. The van der Waals surface area contributed by atoms with Gasteiger partial charge in [-0.1, -0.05) is 29.1 Å². The fourth-order valence-corrected chi connectivity index (χ4v) is 3.27. The highest BCUT2D eigenvalue weighted by Crippen LogP contribution is 2.28. The zero-order chi connectivity index (χ0) is 23.8. The smallest absolute Gasteiger partial charge is 0.398 e. The molecule has 0 fully saturated rings. The molecule has 0 radical (unpaired) electrons. The molecule has 1 amide bonds. The van der Waals surface area contributed by atoms with Crippen molar-refractivity contribution in [2.24, 2.45) is 0 Å². The number of aromatic nitrogens is 3. The summed E-state index contributed by atoms with van der Waals surface area (Å²) in [4.78, 5) is 32.3. The maximum atomic E-state index is 12.5. The van der Waals surface area contributed by atoms with Crippen LogP contribution in [0.2, 0.25) is 0 Å². The Morgan fingerprint density at radius 1 is 1.18 bits per heavy atom. The van der Waals surface area contributed by atoms with E-state index in [1.165, 1.54) is 25.4 Å². The van der Waals surface area contributed by atoms with E-state index in [-0.39, 0.29) is 28.7 Å². The van der Waals surface area contributed by atoms with Crippen LogP contribution < -0.4 is 10.1 Å². The number of rotatable bonds is 9. The summed E-state index contributed by atoms with van der Waals surface area (Å²) >= 11 is 0.376. The van der Waals surface area contributed by atoms with Crippen LogP contribution in [-0.2, 0) is 22.6 Å². The molecule has 0 bridgehead atoms. The Kier molecular flexibility index (Phi) is 7.87. The second-order valence-electron chi connectivity index (χ2n) is 6.37. The monoisotopic (exact) mass is 482 g/mol. The Morgan fingerprint density at radius 3 is 2.73 bits per heavy atom. The van der Waals surface area contributed by atoms with Crippen LogP contribution in [0.1, 0.15) is 22.1 Å². The van der Waals surface area contributed by atoms with Gasteiger partial charge in [0.1, 0.15) is 10.8 Å². The number of anilines is 1. The van der Waals surface area contributed by atoms with Gasteiger partial charge in [0.2, 0.25) is 5.91 Å². The van der Waals surface area contributed by atoms with Crippen molar-refractivity contribution in [3.05, 3.63) is 59.9 Å². The molecule has 0 spiro atoms. The summed E-state index contributed by atoms with van der Waals surface area (Å²) in [6.07, 6.45) is -3.35. The Labute approximate surface area is 189 Å². The van der Waals surface area contributed by atoms with Gasteiger partial charge in [0.15, 0.2) is 12.4 Å². The molecule has 9 nitrogen and oxygen atoms in total. The quantitative estimate of drug-likeness (QED) is 0.360. The summed E-state index contributed by atoms with van der Waals surface area (Å²) < 4.78 is 52.6. The van der Waals surface area contributed by atoms with Crippen molar-refractivity contribution in [2.75, 3.05) is 18.2 Å². The van der Waals surface area contributed by atoms with E-state index in [2.05, 4.69) is 20.4 Å². The maximum absolute atomic E-state index is 12.5. The average molecular weight is 482 g/mol. The molecule has 0 aliphatic rings. The summed E-state index contributed by atoms with van der Waals surface area (Å²) in [5.74, 6) is -2.08. The number of ether oxygens (including phenoxy) is 2. The minimum absolute atomic E-state index is 0.0521. The number of hydrogen-bond donors (Lipinski definition) is 1. The second kappa shape index (κ2) is 10.8. The Bertz CT molecular complexity index is 1120. The third-order valence-corrected chi connectivity index (χ3v) is 4.97. The van der Waals surface area contributed by atoms with E-state index in [4.69, 9.17) is 14.0 Å². The number of pyridine rings is 1. The van der Waals surface area contributed by atoms with Gasteiger partial charge >= 0.3 is 12.1 Å². The molecular weight excluding hydrogens is 465 g/mol. The number of esters is 1. The fourth-order valence-electron chi connectivity index (χ4n) is 2.52. The topological polar surface area (TPSA) is 116 Å². The molecule has 2 aromatic heterocycles. The van der Waals surface area contributed by atoms with E-state index in [0.29, 0.717) is 23.2 Å². The van der Waals surface area contributed by atoms with E-state index in [1.807, 2.05) is 0 Å². The molecule has 3 aromatic rings. The van der Waals surface area contributed by atoms with Crippen LogP contribution >= 0.6 is 11.8 Å². The predicted octanol–water partition coefficient (Wildman–Crippen LogP) is 3.67. The number of methoxy groups -OCH3 is 1. The summed E-state index contributed by atoms with van der Waals surface area (Å²) in [5, 5.41) is 6.20. The highest BCUT2D eigenvalue weighted by Gasteiger charge is 2.29. The average Bonchev–Trinajstić information content (AvgIpc) is 3.23. The Hall–Kier alpha value is -3.61. The number of alkyl halides is 3. The van der Waals surface area contributed by atoms with Crippen LogP contribution in [0.25, 0.3) is 0 Å². The first-order chi connectivity index (χ1) is 15.7. The molecule has 13 heteroatoms. The number of nitrogens with one attached hydrogen (secondary N) is 1. The first kappa shape index (κ1) is 24.0. The van der Waals surface area contributed by atoms with Gasteiger partial charge in [-0.15, -0.1) is 0 Å². The standard InChI is InChI=1S/C20H17F3N4O5S/c1-30-14-7-3-2-6-13(14)25-16(28)9-15-26-17(32-27-15)10-31-19(29)12-5-4-8-24-18(12)33-11-20(21,22)23/h2-8H,9-11H2,1H3,(H,25,28). The highest BCUT2D eigenvalue weighted by atomic mass is 32.2. The predicted molar refractivity (Wildman–Crippen MR) is 110 cm³/mol. The van der Waals surface area contributed by atoms with Crippen molar-refractivity contribution in [1.29, 1.82) is 0 Å². The number of hydrogen-bond acceptors (Lipinski definition) is 9. The number of carbonyl (C=O) groups is 2. The number of benzene rings is 1. The van der Waals surface area contributed by atoms with Crippen LogP contribution in [0.5, 0.6) is 5.75 Å². The summed E-state index contributed by atoms with van der Waals surface area (Å²) in [7, 11) is 1.47. The first-order valence-electron chi connectivity index (χ1n) is 9.31. The Morgan fingerprint density at radius 2 is 1.97 bits per heavy atom. The molecule has 0 saturated carbocycles. The van der Waals surface area contributed by atoms with Gasteiger partial charge in [0, 0.05) is 6.20 Å². The van der Waals surface area contributed by atoms with E-state index < -0.39 is 30.4 Å². The lowest BCUT2D eigenvalue weighted by atomic mass is 10.2. The summed E-state index contributed by atoms with van der Waals surface area (Å²) in [6.45, 7) is -0.432. The molecule has 0 saturated heterocycles. The fraction of sp³-hybridized carbons (Fsp3) is 0.250. The van der Waals surface area contributed by atoms with E-state index in [0.717, 1.165) is 0 Å². The minimum atomic E-state index is -4.42. The van der Waals surface area contributed by atoms with E-state index in [9.17, 15) is 22.8 Å². The molecule has 1 aromatic carbocycles. The minimum Gasteiger partial charge on any atom is -0.495 e. The lowest BCUT2D eigenvalue weighted by Crippen LogP contribution is -2.15. The summed E-state index contributed by atoms with van der Waals surface area (Å²) in [5.41, 5.74) is 0.348. The van der Waals surface area contributed by atoms with Gasteiger partial charge in [-0.2, -0.15) is 18.2 Å². The zero-order valence-electron chi connectivity index (χ0n) is 17.1. The number of carbonyl (C=O) groups excluding carboxylic acids is 2. The van der Waals surface area contributed by atoms with Crippen LogP contribution in [0.15, 0.2) is 52.1 Å². The van der Waals surface area contributed by atoms with Gasteiger partial charge in [-0.25, -0.2) is 9.78 Å². The normalized spacial score (nSPS) is 11.2. The van der Waals surface area contributed by atoms with Crippen molar-refractivity contribution >= 4 is 29.3 Å². The van der Waals surface area contributed by atoms with Gasteiger partial charge in [-0.3, -0.25) is 4.79 Å². The number of amides is 1. The largest absolute Gasteiger partial charge is 0.495 e. The van der Waals surface area contributed by atoms with Crippen LogP contribution in [-0.4, -0.2) is 46.0 Å². The lowest BCUT2D eigenvalue weighted by molar-refractivity contribution is -0.115. The number of para-hydroxylation sites is 2. The van der Waals surface area contributed by atoms with E-state index in [1.54, 1.807) is 24.3 Å². The van der Waals surface area contributed by atoms with Gasteiger partial charge < -0.3 is 19.3 Å².